The Bertz CT molecular complexity index is 115. The van der Waals surface area contributed by atoms with Crippen molar-refractivity contribution in [1.82, 2.24) is 0 Å². The molecule has 1 aliphatic carbocycles. The fraction of sp³-hybridized carbons (Fsp3) is 1.00. The Balaban J connectivity index is 2.23. The van der Waals surface area contributed by atoms with Gasteiger partial charge in [0, 0.05) is 0 Å². The van der Waals surface area contributed by atoms with Gasteiger partial charge >= 0.3 is 0 Å². The van der Waals surface area contributed by atoms with Crippen molar-refractivity contribution in [2.24, 2.45) is 11.1 Å². The first-order valence-electron chi connectivity index (χ1n) is 5.22. The van der Waals surface area contributed by atoms with E-state index in [1.807, 2.05) is 0 Å². The SMILES string of the molecule is O=NCC1CCCCCCCC1. The number of nitrogens with zero attached hydrogens (tertiary/aromatic N) is 1. The smallest absolute Gasteiger partial charge is 0.0839 e. The van der Waals surface area contributed by atoms with Crippen LogP contribution in [0.3, 0.4) is 0 Å². The third-order valence-electron chi connectivity index (χ3n) is 2.81. The van der Waals surface area contributed by atoms with E-state index in [1.54, 1.807) is 0 Å². The van der Waals surface area contributed by atoms with Gasteiger partial charge in [0.1, 0.15) is 0 Å². The lowest BCUT2D eigenvalue weighted by Gasteiger charge is -2.10. The highest BCUT2D eigenvalue weighted by molar-refractivity contribution is 4.64. The summed E-state index contributed by atoms with van der Waals surface area (Å²) in [5, 5.41) is 3.01. The van der Waals surface area contributed by atoms with Gasteiger partial charge in [-0.1, -0.05) is 43.7 Å². The Morgan fingerprint density at radius 1 is 0.917 bits per heavy atom. The molecule has 0 aromatic carbocycles. The van der Waals surface area contributed by atoms with Gasteiger partial charge in [0.25, 0.3) is 0 Å². The summed E-state index contributed by atoms with van der Waals surface area (Å²) in [6, 6.07) is 0. The first kappa shape index (κ1) is 9.69. The second-order valence-electron chi connectivity index (χ2n) is 3.88. The van der Waals surface area contributed by atoms with Gasteiger partial charge in [0.15, 0.2) is 0 Å². The van der Waals surface area contributed by atoms with Crippen LogP contribution in [-0.2, 0) is 0 Å². The molecule has 0 atom stereocenters. The van der Waals surface area contributed by atoms with Crippen LogP contribution < -0.4 is 0 Å². The fourth-order valence-electron chi connectivity index (χ4n) is 2.01. The summed E-state index contributed by atoms with van der Waals surface area (Å²) in [7, 11) is 0. The van der Waals surface area contributed by atoms with Crippen LogP contribution in [-0.4, -0.2) is 6.54 Å². The van der Waals surface area contributed by atoms with Crippen molar-refractivity contribution in [3.05, 3.63) is 4.91 Å². The minimum Gasteiger partial charge on any atom is -0.151 e. The van der Waals surface area contributed by atoms with E-state index in [4.69, 9.17) is 0 Å². The Morgan fingerprint density at radius 3 is 1.92 bits per heavy atom. The normalized spacial score (nSPS) is 22.3. The zero-order valence-electron chi connectivity index (χ0n) is 7.80. The second-order valence-corrected chi connectivity index (χ2v) is 3.88. The highest BCUT2D eigenvalue weighted by atomic mass is 16.3. The lowest BCUT2D eigenvalue weighted by atomic mass is 9.97. The minimum absolute atomic E-state index is 0.556. The molecule has 1 fully saturated rings. The van der Waals surface area contributed by atoms with Crippen LogP contribution in [0.25, 0.3) is 0 Å². The van der Waals surface area contributed by atoms with E-state index in [2.05, 4.69) is 5.18 Å². The molecule has 0 spiro atoms. The third-order valence-corrected chi connectivity index (χ3v) is 2.81. The van der Waals surface area contributed by atoms with Gasteiger partial charge in [-0.2, -0.15) is 4.91 Å². The van der Waals surface area contributed by atoms with Crippen LogP contribution in [0.15, 0.2) is 5.18 Å². The van der Waals surface area contributed by atoms with Gasteiger partial charge in [-0.15, -0.1) is 0 Å². The van der Waals surface area contributed by atoms with E-state index in [9.17, 15) is 4.91 Å². The fourth-order valence-corrected chi connectivity index (χ4v) is 2.01. The van der Waals surface area contributed by atoms with E-state index in [1.165, 1.54) is 51.4 Å². The topological polar surface area (TPSA) is 29.4 Å². The van der Waals surface area contributed by atoms with Crippen LogP contribution in [0.1, 0.15) is 51.4 Å². The van der Waals surface area contributed by atoms with E-state index in [0.29, 0.717) is 12.5 Å². The van der Waals surface area contributed by atoms with Crippen molar-refractivity contribution >= 4 is 0 Å². The zero-order valence-corrected chi connectivity index (χ0v) is 7.80. The number of rotatable bonds is 2. The summed E-state index contributed by atoms with van der Waals surface area (Å²) in [5.74, 6) is 0.598. The summed E-state index contributed by atoms with van der Waals surface area (Å²) in [6.07, 6.45) is 10.6. The average molecular weight is 169 g/mol. The zero-order chi connectivity index (χ0) is 8.65. The van der Waals surface area contributed by atoms with E-state index in [-0.39, 0.29) is 0 Å². The van der Waals surface area contributed by atoms with Gasteiger partial charge in [-0.05, 0) is 18.8 Å². The van der Waals surface area contributed by atoms with Crippen molar-refractivity contribution in [1.29, 1.82) is 0 Å². The maximum absolute atomic E-state index is 10.1. The molecule has 2 heteroatoms. The second kappa shape index (κ2) is 6.15. The summed E-state index contributed by atoms with van der Waals surface area (Å²) < 4.78 is 0. The Morgan fingerprint density at radius 2 is 1.42 bits per heavy atom. The van der Waals surface area contributed by atoms with Gasteiger partial charge in [-0.25, -0.2) is 0 Å². The molecule has 0 aromatic rings. The van der Waals surface area contributed by atoms with E-state index >= 15 is 0 Å². The highest BCUT2D eigenvalue weighted by Gasteiger charge is 2.09. The van der Waals surface area contributed by atoms with Crippen LogP contribution in [0.5, 0.6) is 0 Å². The Kier molecular flexibility index (Phi) is 4.97. The first-order chi connectivity index (χ1) is 5.93. The Hall–Kier alpha value is -0.400. The number of nitroso groups, excluding NO2 is 1. The number of hydrogen-bond donors (Lipinski definition) is 0. The molecule has 0 saturated heterocycles. The summed E-state index contributed by atoms with van der Waals surface area (Å²) >= 11 is 0. The molecule has 0 N–H and O–H groups in total. The molecule has 0 aromatic heterocycles. The molecule has 1 rings (SSSR count). The van der Waals surface area contributed by atoms with Crippen molar-refractivity contribution < 1.29 is 0 Å². The quantitative estimate of drug-likeness (QED) is 0.582. The molecular formula is C10H19NO. The largest absolute Gasteiger partial charge is 0.151 e. The molecule has 0 unspecified atom stereocenters. The average Bonchev–Trinajstić information content (AvgIpc) is 2.19. The molecule has 0 aliphatic heterocycles. The predicted molar refractivity (Wildman–Crippen MR) is 51.1 cm³/mol. The highest BCUT2D eigenvalue weighted by Crippen LogP contribution is 2.21. The molecule has 12 heavy (non-hydrogen) atoms. The maximum Gasteiger partial charge on any atom is 0.0839 e. The third kappa shape index (κ3) is 3.84. The first-order valence-corrected chi connectivity index (χ1v) is 5.22. The molecule has 1 saturated carbocycles. The Labute approximate surface area is 74.7 Å². The van der Waals surface area contributed by atoms with Crippen molar-refractivity contribution in [2.75, 3.05) is 6.54 Å². The van der Waals surface area contributed by atoms with Gasteiger partial charge in [-0.3, -0.25) is 0 Å². The standard InChI is InChI=1S/C10H19NO/c12-11-9-10-7-5-3-1-2-4-6-8-10/h10H,1-9H2. The molecule has 1 aliphatic rings. The monoisotopic (exact) mass is 169 g/mol. The van der Waals surface area contributed by atoms with Gasteiger partial charge in [0.2, 0.25) is 0 Å². The summed E-state index contributed by atoms with van der Waals surface area (Å²) in [6.45, 7) is 0.556. The molecule has 0 bridgehead atoms. The van der Waals surface area contributed by atoms with E-state index in [0.717, 1.165) is 0 Å². The summed E-state index contributed by atoms with van der Waals surface area (Å²) in [5.41, 5.74) is 0. The van der Waals surface area contributed by atoms with Gasteiger partial charge < -0.3 is 0 Å². The van der Waals surface area contributed by atoms with Crippen LogP contribution in [0.2, 0.25) is 0 Å². The summed E-state index contributed by atoms with van der Waals surface area (Å²) in [4.78, 5) is 10.1. The molecule has 2 nitrogen and oxygen atoms in total. The maximum atomic E-state index is 10.1. The lowest BCUT2D eigenvalue weighted by molar-refractivity contribution is 0.437. The predicted octanol–water partition coefficient (Wildman–Crippen LogP) is 3.50. The lowest BCUT2D eigenvalue weighted by Crippen LogP contribution is -2.03. The molecular weight excluding hydrogens is 150 g/mol. The van der Waals surface area contributed by atoms with Crippen LogP contribution in [0.4, 0.5) is 0 Å². The number of hydrogen-bond acceptors (Lipinski definition) is 2. The minimum atomic E-state index is 0.556. The van der Waals surface area contributed by atoms with E-state index < -0.39 is 0 Å². The van der Waals surface area contributed by atoms with Crippen LogP contribution >= 0.6 is 0 Å². The van der Waals surface area contributed by atoms with Crippen molar-refractivity contribution in [3.8, 4) is 0 Å². The molecule has 70 valence electrons. The van der Waals surface area contributed by atoms with Crippen molar-refractivity contribution in [3.63, 3.8) is 0 Å². The van der Waals surface area contributed by atoms with Gasteiger partial charge in [0.05, 0.1) is 6.54 Å². The van der Waals surface area contributed by atoms with Crippen molar-refractivity contribution in [2.45, 2.75) is 51.4 Å². The van der Waals surface area contributed by atoms with Crippen LogP contribution in [0, 0.1) is 10.8 Å². The molecule has 0 radical (unpaired) electrons. The molecule has 0 amide bonds. The molecule has 0 heterocycles.